The summed E-state index contributed by atoms with van der Waals surface area (Å²) in [5, 5.41) is 12.4. The van der Waals surface area contributed by atoms with Crippen molar-refractivity contribution in [1.82, 2.24) is 15.1 Å². The molecule has 3 unspecified atom stereocenters. The molecule has 0 aliphatic carbocycles. The fourth-order valence-corrected chi connectivity index (χ4v) is 3.35. The summed E-state index contributed by atoms with van der Waals surface area (Å²) in [6, 6.07) is 0.900. The summed E-state index contributed by atoms with van der Waals surface area (Å²) in [6.45, 7) is 5.52. The summed E-state index contributed by atoms with van der Waals surface area (Å²) < 4.78 is 0. The van der Waals surface area contributed by atoms with E-state index in [0.29, 0.717) is 18.6 Å². The Morgan fingerprint density at radius 2 is 2.11 bits per heavy atom. The maximum Gasteiger partial charge on any atom is 0.322 e. The summed E-state index contributed by atoms with van der Waals surface area (Å²) in [6.07, 6.45) is 4.72. The van der Waals surface area contributed by atoms with Gasteiger partial charge in [0, 0.05) is 25.2 Å². The lowest BCUT2D eigenvalue weighted by atomic mass is 10.1. The molecule has 0 aromatic carbocycles. The zero-order valence-corrected chi connectivity index (χ0v) is 12.1. The van der Waals surface area contributed by atoms with Gasteiger partial charge >= 0.3 is 5.97 Å². The van der Waals surface area contributed by atoms with Gasteiger partial charge in [0.1, 0.15) is 6.04 Å². The van der Waals surface area contributed by atoms with Crippen molar-refractivity contribution >= 4 is 5.97 Å². The van der Waals surface area contributed by atoms with Crippen molar-refractivity contribution in [3.63, 3.8) is 0 Å². The van der Waals surface area contributed by atoms with E-state index < -0.39 is 12.0 Å². The zero-order chi connectivity index (χ0) is 13.8. The molecule has 5 heteroatoms. The van der Waals surface area contributed by atoms with Gasteiger partial charge in [0.15, 0.2) is 0 Å². The molecule has 0 spiro atoms. The van der Waals surface area contributed by atoms with Crippen LogP contribution in [0.5, 0.6) is 0 Å². The zero-order valence-electron chi connectivity index (χ0n) is 12.1. The van der Waals surface area contributed by atoms with Crippen LogP contribution < -0.4 is 5.32 Å². The van der Waals surface area contributed by atoms with Crippen LogP contribution in [0.2, 0.25) is 0 Å². The average molecular weight is 269 g/mol. The number of carboxylic acids is 1. The molecule has 2 fully saturated rings. The molecule has 19 heavy (non-hydrogen) atoms. The minimum atomic E-state index is -0.726. The van der Waals surface area contributed by atoms with E-state index in [9.17, 15) is 9.90 Å². The highest BCUT2D eigenvalue weighted by Crippen LogP contribution is 2.28. The monoisotopic (exact) mass is 269 g/mol. The molecular formula is C14H27N3O2. The van der Waals surface area contributed by atoms with E-state index in [4.69, 9.17) is 0 Å². The van der Waals surface area contributed by atoms with Gasteiger partial charge in [0.2, 0.25) is 0 Å². The van der Waals surface area contributed by atoms with Crippen molar-refractivity contribution in [3.05, 3.63) is 0 Å². The quantitative estimate of drug-likeness (QED) is 0.740. The fourth-order valence-electron chi connectivity index (χ4n) is 3.35. The normalized spacial score (nSPS) is 30.2. The van der Waals surface area contributed by atoms with Gasteiger partial charge < -0.3 is 10.4 Å². The first-order chi connectivity index (χ1) is 9.11. The number of rotatable bonds is 6. The Morgan fingerprint density at radius 1 is 1.37 bits per heavy atom. The highest BCUT2D eigenvalue weighted by Gasteiger charge is 2.35. The van der Waals surface area contributed by atoms with E-state index in [1.807, 2.05) is 0 Å². The molecule has 110 valence electrons. The van der Waals surface area contributed by atoms with Crippen LogP contribution in [-0.4, -0.2) is 72.2 Å². The predicted molar refractivity (Wildman–Crippen MR) is 75.3 cm³/mol. The Balaban J connectivity index is 1.89. The van der Waals surface area contributed by atoms with Crippen LogP contribution in [0, 0.1) is 0 Å². The molecule has 2 bridgehead atoms. The number of likely N-dealkylation sites (N-methyl/N-ethyl adjacent to an activating group) is 1. The summed E-state index contributed by atoms with van der Waals surface area (Å²) in [4.78, 5) is 16.1. The average Bonchev–Trinajstić information content (AvgIpc) is 2.61. The van der Waals surface area contributed by atoms with Crippen molar-refractivity contribution in [1.29, 1.82) is 0 Å². The minimum absolute atomic E-state index is 0.429. The summed E-state index contributed by atoms with van der Waals surface area (Å²) in [7, 11) is 2.22. The molecule has 2 N–H and O–H groups in total. The van der Waals surface area contributed by atoms with E-state index in [0.717, 1.165) is 26.1 Å². The number of hydrogen-bond donors (Lipinski definition) is 2. The molecule has 2 heterocycles. The first kappa shape index (κ1) is 14.8. The summed E-state index contributed by atoms with van der Waals surface area (Å²) in [5.41, 5.74) is 0. The molecule has 0 aromatic rings. The van der Waals surface area contributed by atoms with Crippen molar-refractivity contribution in [3.8, 4) is 0 Å². The third-order valence-electron chi connectivity index (χ3n) is 4.61. The molecule has 2 aliphatic rings. The Morgan fingerprint density at radius 3 is 2.79 bits per heavy atom. The second-order valence-corrected chi connectivity index (χ2v) is 5.94. The van der Waals surface area contributed by atoms with Crippen LogP contribution in [0.1, 0.15) is 32.6 Å². The lowest BCUT2D eigenvalue weighted by Gasteiger charge is -2.28. The van der Waals surface area contributed by atoms with Crippen molar-refractivity contribution in [2.75, 3.05) is 33.2 Å². The Bertz CT molecular complexity index is 311. The van der Waals surface area contributed by atoms with Gasteiger partial charge in [-0.2, -0.15) is 0 Å². The molecule has 0 amide bonds. The highest BCUT2D eigenvalue weighted by atomic mass is 16.4. The maximum absolute atomic E-state index is 11.3. The number of aliphatic carboxylic acids is 1. The standard InChI is InChI=1S/C14H27N3O2/c1-3-7-15-13(14(18)19)10-17-8-6-11-4-5-12(9-17)16(11)2/h11-13,15H,3-10H2,1-2H3,(H,18,19). The molecule has 2 saturated heterocycles. The van der Waals surface area contributed by atoms with Crippen LogP contribution in [0.15, 0.2) is 0 Å². The van der Waals surface area contributed by atoms with E-state index in [2.05, 4.69) is 29.1 Å². The fraction of sp³-hybridized carbons (Fsp3) is 0.929. The third-order valence-corrected chi connectivity index (χ3v) is 4.61. The number of nitrogens with zero attached hydrogens (tertiary/aromatic N) is 2. The SMILES string of the molecule is CCCNC(CN1CCC2CCC(C1)N2C)C(=O)O. The van der Waals surface area contributed by atoms with Gasteiger partial charge in [-0.05, 0) is 45.8 Å². The van der Waals surface area contributed by atoms with Crippen molar-refractivity contribution < 1.29 is 9.90 Å². The Hall–Kier alpha value is -0.650. The van der Waals surface area contributed by atoms with Crippen LogP contribution in [0.4, 0.5) is 0 Å². The van der Waals surface area contributed by atoms with Crippen LogP contribution in [0.25, 0.3) is 0 Å². The second kappa shape index (κ2) is 6.68. The topological polar surface area (TPSA) is 55.8 Å². The molecule has 0 aromatic heterocycles. The van der Waals surface area contributed by atoms with Gasteiger partial charge in [0.25, 0.3) is 0 Å². The number of carboxylic acid groups (broad SMARTS) is 1. The Labute approximate surface area is 115 Å². The van der Waals surface area contributed by atoms with E-state index in [-0.39, 0.29) is 0 Å². The number of fused-ring (bicyclic) bond motifs is 2. The number of nitrogens with one attached hydrogen (secondary N) is 1. The largest absolute Gasteiger partial charge is 0.480 e. The third kappa shape index (κ3) is 3.68. The highest BCUT2D eigenvalue weighted by molar-refractivity contribution is 5.73. The molecular weight excluding hydrogens is 242 g/mol. The van der Waals surface area contributed by atoms with E-state index >= 15 is 0 Å². The van der Waals surface area contributed by atoms with Crippen LogP contribution in [0.3, 0.4) is 0 Å². The Kier molecular flexibility index (Phi) is 5.19. The van der Waals surface area contributed by atoms with Crippen molar-refractivity contribution in [2.24, 2.45) is 0 Å². The maximum atomic E-state index is 11.3. The summed E-state index contributed by atoms with van der Waals surface area (Å²) >= 11 is 0. The first-order valence-corrected chi connectivity index (χ1v) is 7.52. The van der Waals surface area contributed by atoms with Gasteiger partial charge in [-0.25, -0.2) is 0 Å². The molecule has 0 saturated carbocycles. The van der Waals surface area contributed by atoms with Crippen LogP contribution in [-0.2, 0) is 4.79 Å². The van der Waals surface area contributed by atoms with E-state index in [1.54, 1.807) is 0 Å². The lowest BCUT2D eigenvalue weighted by molar-refractivity contribution is -0.140. The molecule has 0 radical (unpaired) electrons. The van der Waals surface area contributed by atoms with Gasteiger partial charge in [-0.3, -0.25) is 14.6 Å². The minimum Gasteiger partial charge on any atom is -0.480 e. The molecule has 5 nitrogen and oxygen atoms in total. The number of hydrogen-bond acceptors (Lipinski definition) is 4. The summed E-state index contributed by atoms with van der Waals surface area (Å²) in [5.74, 6) is -0.726. The van der Waals surface area contributed by atoms with E-state index in [1.165, 1.54) is 19.3 Å². The van der Waals surface area contributed by atoms with Crippen molar-refractivity contribution in [2.45, 2.75) is 50.7 Å². The lowest BCUT2D eigenvalue weighted by Crippen LogP contribution is -2.48. The smallest absolute Gasteiger partial charge is 0.322 e. The molecule has 2 rings (SSSR count). The number of carbonyl (C=O) groups is 1. The predicted octanol–water partition coefficient (Wildman–Crippen LogP) is 0.608. The molecule has 2 aliphatic heterocycles. The van der Waals surface area contributed by atoms with Crippen LogP contribution >= 0.6 is 0 Å². The second-order valence-electron chi connectivity index (χ2n) is 5.94. The number of likely N-dealkylation sites (tertiary alicyclic amines) is 1. The molecule has 3 atom stereocenters. The van der Waals surface area contributed by atoms with Gasteiger partial charge in [-0.1, -0.05) is 6.92 Å². The van der Waals surface area contributed by atoms with Gasteiger partial charge in [-0.15, -0.1) is 0 Å². The first-order valence-electron chi connectivity index (χ1n) is 7.52. The van der Waals surface area contributed by atoms with Gasteiger partial charge in [0.05, 0.1) is 0 Å².